The van der Waals surface area contributed by atoms with E-state index in [4.69, 9.17) is 9.47 Å². The van der Waals surface area contributed by atoms with Crippen LogP contribution in [0.2, 0.25) is 0 Å². The number of ether oxygens (including phenoxy) is 2. The topological polar surface area (TPSA) is 35.5 Å². The third-order valence-corrected chi connectivity index (χ3v) is 3.40. The van der Waals surface area contributed by atoms with Crippen LogP contribution in [0.15, 0.2) is 0 Å². The third-order valence-electron chi connectivity index (χ3n) is 3.40. The van der Waals surface area contributed by atoms with E-state index >= 15 is 0 Å². The van der Waals surface area contributed by atoms with Gasteiger partial charge in [-0.3, -0.25) is 4.79 Å². The SMILES string of the molecule is CCCCCC[C@@H]1CC[C@@H](OC(C)=O)[C@H](C)O1. The lowest BCUT2D eigenvalue weighted by atomic mass is 9.98. The van der Waals surface area contributed by atoms with Crippen molar-refractivity contribution in [3.8, 4) is 0 Å². The lowest BCUT2D eigenvalue weighted by Gasteiger charge is -2.34. The molecule has 1 aliphatic heterocycles. The van der Waals surface area contributed by atoms with Crippen molar-refractivity contribution in [2.75, 3.05) is 0 Å². The molecule has 1 saturated heterocycles. The van der Waals surface area contributed by atoms with Gasteiger partial charge in [-0.2, -0.15) is 0 Å². The van der Waals surface area contributed by atoms with Crippen molar-refractivity contribution in [1.82, 2.24) is 0 Å². The summed E-state index contributed by atoms with van der Waals surface area (Å²) in [5, 5.41) is 0. The average molecular weight is 242 g/mol. The maximum atomic E-state index is 10.9. The van der Waals surface area contributed by atoms with Gasteiger partial charge in [0.05, 0.1) is 12.2 Å². The molecule has 17 heavy (non-hydrogen) atoms. The maximum absolute atomic E-state index is 10.9. The summed E-state index contributed by atoms with van der Waals surface area (Å²) in [6.45, 7) is 5.69. The van der Waals surface area contributed by atoms with Crippen LogP contribution < -0.4 is 0 Å². The monoisotopic (exact) mass is 242 g/mol. The van der Waals surface area contributed by atoms with Crippen molar-refractivity contribution in [3.05, 3.63) is 0 Å². The van der Waals surface area contributed by atoms with Crippen molar-refractivity contribution in [2.45, 2.75) is 84.0 Å². The Kier molecular flexibility index (Phi) is 6.56. The largest absolute Gasteiger partial charge is 0.460 e. The highest BCUT2D eigenvalue weighted by atomic mass is 16.6. The molecule has 0 radical (unpaired) electrons. The summed E-state index contributed by atoms with van der Waals surface area (Å²) in [4.78, 5) is 10.9. The fraction of sp³-hybridized carbons (Fsp3) is 0.929. The predicted molar refractivity (Wildman–Crippen MR) is 67.9 cm³/mol. The van der Waals surface area contributed by atoms with Crippen molar-refractivity contribution in [2.24, 2.45) is 0 Å². The van der Waals surface area contributed by atoms with Crippen LogP contribution in [0.25, 0.3) is 0 Å². The highest BCUT2D eigenvalue weighted by Crippen LogP contribution is 2.25. The van der Waals surface area contributed by atoms with E-state index in [0.717, 1.165) is 19.3 Å². The van der Waals surface area contributed by atoms with Crippen molar-refractivity contribution in [1.29, 1.82) is 0 Å². The van der Waals surface area contributed by atoms with Crippen LogP contribution in [0.3, 0.4) is 0 Å². The molecule has 0 aromatic carbocycles. The van der Waals surface area contributed by atoms with Crippen molar-refractivity contribution >= 4 is 5.97 Å². The number of carbonyl (C=O) groups excluding carboxylic acids is 1. The lowest BCUT2D eigenvalue weighted by molar-refractivity contribution is -0.167. The fourth-order valence-electron chi connectivity index (χ4n) is 2.42. The molecule has 1 rings (SSSR count). The van der Waals surface area contributed by atoms with Crippen LogP contribution in [0.5, 0.6) is 0 Å². The first kappa shape index (κ1) is 14.5. The van der Waals surface area contributed by atoms with E-state index in [-0.39, 0.29) is 18.2 Å². The van der Waals surface area contributed by atoms with Gasteiger partial charge >= 0.3 is 5.97 Å². The van der Waals surface area contributed by atoms with E-state index in [2.05, 4.69) is 6.92 Å². The van der Waals surface area contributed by atoms with Crippen molar-refractivity contribution in [3.63, 3.8) is 0 Å². The lowest BCUT2D eigenvalue weighted by Crippen LogP contribution is -2.39. The smallest absolute Gasteiger partial charge is 0.302 e. The molecular formula is C14H26O3. The number of hydrogen-bond donors (Lipinski definition) is 0. The van der Waals surface area contributed by atoms with Gasteiger partial charge in [-0.1, -0.05) is 32.6 Å². The zero-order valence-corrected chi connectivity index (χ0v) is 11.4. The molecule has 0 aliphatic carbocycles. The first-order valence-electron chi connectivity index (χ1n) is 6.96. The fourth-order valence-corrected chi connectivity index (χ4v) is 2.42. The molecule has 3 nitrogen and oxygen atoms in total. The molecule has 100 valence electrons. The summed E-state index contributed by atoms with van der Waals surface area (Å²) >= 11 is 0. The molecule has 3 atom stereocenters. The molecule has 0 N–H and O–H groups in total. The van der Waals surface area contributed by atoms with Gasteiger partial charge in [0, 0.05) is 6.92 Å². The van der Waals surface area contributed by atoms with Gasteiger partial charge in [0.1, 0.15) is 6.10 Å². The van der Waals surface area contributed by atoms with Gasteiger partial charge in [-0.25, -0.2) is 0 Å². The Hall–Kier alpha value is -0.570. The summed E-state index contributed by atoms with van der Waals surface area (Å²) < 4.78 is 11.1. The first-order valence-corrected chi connectivity index (χ1v) is 6.96. The molecule has 0 bridgehead atoms. The number of esters is 1. The molecule has 0 spiro atoms. The number of hydrogen-bond acceptors (Lipinski definition) is 3. The van der Waals surface area contributed by atoms with E-state index in [1.165, 1.54) is 32.6 Å². The van der Waals surface area contributed by atoms with Crippen LogP contribution in [-0.2, 0) is 14.3 Å². The van der Waals surface area contributed by atoms with Gasteiger partial charge in [0.15, 0.2) is 0 Å². The molecule has 1 fully saturated rings. The molecule has 1 aliphatic rings. The maximum Gasteiger partial charge on any atom is 0.302 e. The zero-order valence-electron chi connectivity index (χ0n) is 11.4. The van der Waals surface area contributed by atoms with Gasteiger partial charge in [0.2, 0.25) is 0 Å². The molecule has 0 unspecified atom stereocenters. The van der Waals surface area contributed by atoms with Crippen LogP contribution in [0.1, 0.15) is 65.7 Å². The normalized spacial score (nSPS) is 29.0. The Balaban J connectivity index is 2.19. The van der Waals surface area contributed by atoms with Gasteiger partial charge < -0.3 is 9.47 Å². The van der Waals surface area contributed by atoms with Gasteiger partial charge in [-0.05, 0) is 26.2 Å². The molecule has 0 aromatic rings. The summed E-state index contributed by atoms with van der Waals surface area (Å²) in [5.41, 5.74) is 0. The van der Waals surface area contributed by atoms with E-state index in [9.17, 15) is 4.79 Å². The minimum atomic E-state index is -0.202. The Bertz CT molecular complexity index is 228. The second kappa shape index (κ2) is 7.70. The summed E-state index contributed by atoms with van der Waals surface area (Å²) in [5.74, 6) is -0.202. The van der Waals surface area contributed by atoms with Gasteiger partial charge in [-0.15, -0.1) is 0 Å². The molecule has 0 amide bonds. The van der Waals surface area contributed by atoms with Crippen LogP contribution in [-0.4, -0.2) is 24.3 Å². The van der Waals surface area contributed by atoms with Crippen LogP contribution >= 0.6 is 0 Å². The Morgan fingerprint density at radius 3 is 2.65 bits per heavy atom. The van der Waals surface area contributed by atoms with E-state index in [1.807, 2.05) is 6.92 Å². The highest BCUT2D eigenvalue weighted by Gasteiger charge is 2.29. The molecule has 1 heterocycles. The van der Waals surface area contributed by atoms with E-state index in [1.54, 1.807) is 0 Å². The quantitative estimate of drug-likeness (QED) is 0.528. The minimum Gasteiger partial charge on any atom is -0.460 e. The van der Waals surface area contributed by atoms with E-state index < -0.39 is 0 Å². The zero-order chi connectivity index (χ0) is 12.7. The molecule has 0 aromatic heterocycles. The number of unbranched alkanes of at least 4 members (excludes halogenated alkanes) is 3. The molecule has 0 saturated carbocycles. The highest BCUT2D eigenvalue weighted by molar-refractivity contribution is 5.66. The number of carbonyl (C=O) groups is 1. The summed E-state index contributed by atoms with van der Waals surface area (Å²) in [6, 6.07) is 0. The van der Waals surface area contributed by atoms with E-state index in [0.29, 0.717) is 6.10 Å². The standard InChI is InChI=1S/C14H26O3/c1-4-5-6-7-8-13-9-10-14(11(2)16-13)17-12(3)15/h11,13-14H,4-10H2,1-3H3/t11-,13+,14+/m0/s1. The predicted octanol–water partition coefficient (Wildman–Crippen LogP) is 3.46. The Morgan fingerprint density at radius 2 is 2.06 bits per heavy atom. The van der Waals surface area contributed by atoms with Gasteiger partial charge in [0.25, 0.3) is 0 Å². The van der Waals surface area contributed by atoms with Crippen LogP contribution in [0, 0.1) is 0 Å². The van der Waals surface area contributed by atoms with Crippen LogP contribution in [0.4, 0.5) is 0 Å². The third kappa shape index (κ3) is 5.53. The average Bonchev–Trinajstić information content (AvgIpc) is 2.27. The second-order valence-corrected chi connectivity index (χ2v) is 5.04. The summed E-state index contributed by atoms with van der Waals surface area (Å²) in [7, 11) is 0. The Morgan fingerprint density at radius 1 is 1.29 bits per heavy atom. The molecule has 3 heteroatoms. The van der Waals surface area contributed by atoms with Crippen molar-refractivity contribution < 1.29 is 14.3 Å². The summed E-state index contributed by atoms with van der Waals surface area (Å²) in [6.07, 6.45) is 8.64. The first-order chi connectivity index (χ1) is 8.13. The minimum absolute atomic E-state index is 0.0422. The second-order valence-electron chi connectivity index (χ2n) is 5.04. The molecular weight excluding hydrogens is 216 g/mol. The number of rotatable bonds is 6. The Labute approximate surface area is 105 Å².